The minimum absolute atomic E-state index is 0.0397. The molecule has 1 amide bonds. The van der Waals surface area contributed by atoms with Crippen LogP contribution < -0.4 is 0 Å². The van der Waals surface area contributed by atoms with Crippen LogP contribution in [0, 0.1) is 0 Å². The van der Waals surface area contributed by atoms with Crippen molar-refractivity contribution >= 4 is 5.91 Å². The van der Waals surface area contributed by atoms with Gasteiger partial charge in [0.05, 0.1) is 12.5 Å². The lowest BCUT2D eigenvalue weighted by Crippen LogP contribution is -2.35. The average Bonchev–Trinajstić information content (AvgIpc) is 2.89. The van der Waals surface area contributed by atoms with Crippen molar-refractivity contribution in [2.75, 3.05) is 26.2 Å². The first-order valence-corrected chi connectivity index (χ1v) is 8.99. The minimum Gasteiger partial charge on any atom is -0.388 e. The quantitative estimate of drug-likeness (QED) is 0.912. The predicted molar refractivity (Wildman–Crippen MR) is 98.9 cm³/mol. The zero-order chi connectivity index (χ0) is 17.5. The molecule has 1 aliphatic rings. The third-order valence-corrected chi connectivity index (χ3v) is 4.74. The molecule has 25 heavy (non-hydrogen) atoms. The van der Waals surface area contributed by atoms with E-state index < -0.39 is 6.10 Å². The van der Waals surface area contributed by atoms with E-state index in [0.29, 0.717) is 0 Å². The van der Waals surface area contributed by atoms with Crippen LogP contribution in [-0.2, 0) is 11.3 Å². The third kappa shape index (κ3) is 5.15. The van der Waals surface area contributed by atoms with Crippen molar-refractivity contribution in [3.63, 3.8) is 0 Å². The molecular weight excluding hydrogens is 312 g/mol. The Morgan fingerprint density at radius 3 is 2.32 bits per heavy atom. The number of hydrogen-bond acceptors (Lipinski definition) is 3. The van der Waals surface area contributed by atoms with Crippen LogP contribution in [0.1, 0.15) is 30.1 Å². The fourth-order valence-electron chi connectivity index (χ4n) is 3.31. The van der Waals surface area contributed by atoms with Crippen molar-refractivity contribution in [3.8, 4) is 0 Å². The number of hydrogen-bond donors (Lipinski definition) is 1. The number of benzene rings is 2. The lowest BCUT2D eigenvalue weighted by Gasteiger charge is -2.23. The van der Waals surface area contributed by atoms with Gasteiger partial charge in [0.2, 0.25) is 5.91 Å². The summed E-state index contributed by atoms with van der Waals surface area (Å²) in [7, 11) is 0. The van der Waals surface area contributed by atoms with E-state index >= 15 is 0 Å². The number of aliphatic hydroxyl groups excluding tert-OH is 1. The van der Waals surface area contributed by atoms with Crippen LogP contribution in [0.3, 0.4) is 0 Å². The van der Waals surface area contributed by atoms with Gasteiger partial charge in [-0.25, -0.2) is 0 Å². The molecule has 1 saturated heterocycles. The Bertz CT molecular complexity index is 660. The number of amides is 1. The first-order chi connectivity index (χ1) is 12.2. The van der Waals surface area contributed by atoms with Crippen LogP contribution >= 0.6 is 0 Å². The summed E-state index contributed by atoms with van der Waals surface area (Å²) in [5.74, 6) is 0.0397. The van der Waals surface area contributed by atoms with Crippen LogP contribution in [-0.4, -0.2) is 47.0 Å². The fraction of sp³-hybridized carbons (Fsp3) is 0.381. The van der Waals surface area contributed by atoms with Gasteiger partial charge in [-0.2, -0.15) is 0 Å². The normalized spacial score (nSPS) is 17.1. The molecule has 4 nitrogen and oxygen atoms in total. The maximum Gasteiger partial charge on any atom is 0.225 e. The van der Waals surface area contributed by atoms with Crippen LogP contribution in [0.5, 0.6) is 0 Å². The van der Waals surface area contributed by atoms with Crippen LogP contribution in [0.4, 0.5) is 0 Å². The Balaban J connectivity index is 1.51. The molecule has 0 bridgehead atoms. The second-order valence-electron chi connectivity index (χ2n) is 6.63. The molecule has 1 unspecified atom stereocenters. The van der Waals surface area contributed by atoms with E-state index in [1.54, 1.807) is 0 Å². The highest BCUT2D eigenvalue weighted by molar-refractivity contribution is 5.77. The highest BCUT2D eigenvalue weighted by Gasteiger charge is 2.21. The Morgan fingerprint density at radius 1 is 0.920 bits per heavy atom. The molecule has 3 rings (SSSR count). The van der Waals surface area contributed by atoms with Crippen molar-refractivity contribution in [1.82, 2.24) is 9.80 Å². The molecule has 0 aromatic heterocycles. The van der Waals surface area contributed by atoms with Gasteiger partial charge in [0, 0.05) is 32.7 Å². The molecule has 132 valence electrons. The lowest BCUT2D eigenvalue weighted by molar-refractivity contribution is -0.133. The Kier molecular flexibility index (Phi) is 6.20. The molecule has 1 N–H and O–H groups in total. The summed E-state index contributed by atoms with van der Waals surface area (Å²) in [6, 6.07) is 19.9. The van der Waals surface area contributed by atoms with Gasteiger partial charge >= 0.3 is 0 Å². The van der Waals surface area contributed by atoms with Crippen molar-refractivity contribution < 1.29 is 9.90 Å². The molecule has 0 spiro atoms. The molecular formula is C21H26N2O2. The molecule has 2 aromatic carbocycles. The van der Waals surface area contributed by atoms with Gasteiger partial charge < -0.3 is 10.0 Å². The predicted octanol–water partition coefficient (Wildman–Crippen LogP) is 2.84. The van der Waals surface area contributed by atoms with E-state index in [0.717, 1.165) is 44.7 Å². The summed E-state index contributed by atoms with van der Waals surface area (Å²) >= 11 is 0. The van der Waals surface area contributed by atoms with Crippen molar-refractivity contribution in [1.29, 1.82) is 0 Å². The first-order valence-electron chi connectivity index (χ1n) is 8.99. The topological polar surface area (TPSA) is 43.8 Å². The molecule has 4 heteroatoms. The summed E-state index contributed by atoms with van der Waals surface area (Å²) in [6.07, 6.45) is 0.403. The van der Waals surface area contributed by atoms with E-state index in [-0.39, 0.29) is 12.3 Å². The fourth-order valence-corrected chi connectivity index (χ4v) is 3.31. The zero-order valence-corrected chi connectivity index (χ0v) is 14.6. The number of aliphatic hydroxyl groups is 1. The van der Waals surface area contributed by atoms with E-state index in [4.69, 9.17) is 0 Å². The molecule has 0 radical (unpaired) electrons. The van der Waals surface area contributed by atoms with Gasteiger partial charge in [0.1, 0.15) is 0 Å². The summed E-state index contributed by atoms with van der Waals surface area (Å²) in [4.78, 5) is 16.8. The van der Waals surface area contributed by atoms with Crippen molar-refractivity contribution in [3.05, 3.63) is 71.8 Å². The van der Waals surface area contributed by atoms with Crippen molar-refractivity contribution in [2.24, 2.45) is 0 Å². The van der Waals surface area contributed by atoms with Gasteiger partial charge in [-0.15, -0.1) is 0 Å². The molecule has 1 fully saturated rings. The summed E-state index contributed by atoms with van der Waals surface area (Å²) in [5, 5.41) is 10.3. The largest absolute Gasteiger partial charge is 0.388 e. The maximum atomic E-state index is 12.5. The number of carbonyl (C=O) groups excluding carboxylic acids is 1. The third-order valence-electron chi connectivity index (χ3n) is 4.74. The SMILES string of the molecule is O=C(CC(O)c1ccccc1)N1CCCN(Cc2ccccc2)CC1. The number of rotatable bonds is 5. The Hall–Kier alpha value is -2.17. The highest BCUT2D eigenvalue weighted by atomic mass is 16.3. The molecule has 1 aliphatic heterocycles. The van der Waals surface area contributed by atoms with Crippen LogP contribution in [0.15, 0.2) is 60.7 Å². The molecule has 1 atom stereocenters. The Labute approximate surface area is 149 Å². The maximum absolute atomic E-state index is 12.5. The first kappa shape index (κ1) is 17.6. The standard InChI is InChI=1S/C21H26N2O2/c24-20(19-10-5-2-6-11-19)16-21(25)23-13-7-12-22(14-15-23)17-18-8-3-1-4-9-18/h1-6,8-11,20,24H,7,12-17H2. The monoisotopic (exact) mass is 338 g/mol. The smallest absolute Gasteiger partial charge is 0.225 e. The van der Waals surface area contributed by atoms with Gasteiger partial charge in [-0.1, -0.05) is 60.7 Å². The Morgan fingerprint density at radius 2 is 1.60 bits per heavy atom. The lowest BCUT2D eigenvalue weighted by atomic mass is 10.1. The number of carbonyl (C=O) groups is 1. The van der Waals surface area contributed by atoms with E-state index in [9.17, 15) is 9.90 Å². The van der Waals surface area contributed by atoms with Gasteiger partial charge in [-0.05, 0) is 17.5 Å². The van der Waals surface area contributed by atoms with Crippen LogP contribution in [0.2, 0.25) is 0 Å². The van der Waals surface area contributed by atoms with Crippen LogP contribution in [0.25, 0.3) is 0 Å². The zero-order valence-electron chi connectivity index (χ0n) is 14.6. The minimum atomic E-state index is -0.725. The molecule has 2 aromatic rings. The van der Waals surface area contributed by atoms with Gasteiger partial charge in [0.15, 0.2) is 0 Å². The van der Waals surface area contributed by atoms with E-state index in [1.807, 2.05) is 41.3 Å². The summed E-state index contributed by atoms with van der Waals surface area (Å²) in [6.45, 7) is 4.30. The molecule has 0 aliphatic carbocycles. The van der Waals surface area contributed by atoms with Gasteiger partial charge in [0.25, 0.3) is 0 Å². The summed E-state index contributed by atoms with van der Waals surface area (Å²) < 4.78 is 0. The second kappa shape index (κ2) is 8.79. The van der Waals surface area contributed by atoms with E-state index in [1.165, 1.54) is 5.56 Å². The second-order valence-corrected chi connectivity index (χ2v) is 6.63. The average molecular weight is 338 g/mol. The van der Waals surface area contributed by atoms with E-state index in [2.05, 4.69) is 29.2 Å². The molecule has 1 heterocycles. The van der Waals surface area contributed by atoms with Crippen molar-refractivity contribution in [2.45, 2.75) is 25.5 Å². The summed E-state index contributed by atoms with van der Waals surface area (Å²) in [5.41, 5.74) is 2.11. The van der Waals surface area contributed by atoms with Gasteiger partial charge in [-0.3, -0.25) is 9.69 Å². The number of nitrogens with zero attached hydrogens (tertiary/aromatic N) is 2. The molecule has 0 saturated carbocycles. The highest BCUT2D eigenvalue weighted by Crippen LogP contribution is 2.18.